The van der Waals surface area contributed by atoms with Gasteiger partial charge >= 0.3 is 0 Å². The quantitative estimate of drug-likeness (QED) is 0.592. The Kier molecular flexibility index (Phi) is 5.95. The van der Waals surface area contributed by atoms with E-state index < -0.39 is 0 Å². The topological polar surface area (TPSA) is 23.6 Å². The number of carbonyl (C=O) groups is 1. The van der Waals surface area contributed by atoms with Gasteiger partial charge in [0.15, 0.2) is 0 Å². The van der Waals surface area contributed by atoms with Gasteiger partial charge in [-0.2, -0.15) is 0 Å². The lowest BCUT2D eigenvalue weighted by Gasteiger charge is -2.27. The van der Waals surface area contributed by atoms with E-state index in [4.69, 9.17) is 0 Å². The van der Waals surface area contributed by atoms with Gasteiger partial charge in [-0.25, -0.2) is 0 Å². The monoisotopic (exact) mass is 384 g/mol. The third-order valence-electron chi connectivity index (χ3n) is 5.73. The molecule has 0 atom stereocenters. The van der Waals surface area contributed by atoms with Crippen LogP contribution < -0.4 is 4.90 Å². The van der Waals surface area contributed by atoms with E-state index in [-0.39, 0.29) is 11.8 Å². The Bertz CT molecular complexity index is 894. The minimum atomic E-state index is -0.290. The van der Waals surface area contributed by atoms with E-state index in [1.54, 1.807) is 0 Å². The number of hydrogen-bond donors (Lipinski definition) is 0. The second kappa shape index (κ2) is 8.95. The van der Waals surface area contributed by atoms with E-state index in [9.17, 15) is 4.79 Å². The van der Waals surface area contributed by atoms with Crippen molar-refractivity contribution in [3.63, 3.8) is 0 Å². The summed E-state index contributed by atoms with van der Waals surface area (Å²) in [5.41, 5.74) is 4.54. The summed E-state index contributed by atoms with van der Waals surface area (Å²) >= 11 is 0. The maximum absolute atomic E-state index is 13.6. The molecule has 148 valence electrons. The van der Waals surface area contributed by atoms with Gasteiger partial charge in [-0.15, -0.1) is 0 Å². The predicted octanol–water partition coefficient (Wildman–Crippen LogP) is 5.08. The van der Waals surface area contributed by atoms with Crippen LogP contribution in [0.3, 0.4) is 0 Å². The van der Waals surface area contributed by atoms with Gasteiger partial charge in [0.25, 0.3) is 0 Å². The Labute approximate surface area is 173 Å². The largest absolute Gasteiger partial charge is 0.371 e. The van der Waals surface area contributed by atoms with Crippen molar-refractivity contribution in [3.8, 4) is 0 Å². The fourth-order valence-electron chi connectivity index (χ4n) is 4.23. The van der Waals surface area contributed by atoms with E-state index in [2.05, 4.69) is 29.2 Å². The maximum Gasteiger partial charge on any atom is 0.234 e. The molecule has 0 radical (unpaired) electrons. The first-order chi connectivity index (χ1) is 14.2. The standard InChI is InChI=1S/C26H28N2O/c1-27(20-23-16-8-9-17-24(23)28-18-10-11-19-28)26(29)25(21-12-4-2-5-13-21)22-14-6-3-7-15-22/h2-9,12-17,25H,10-11,18-20H2,1H3. The van der Waals surface area contributed by atoms with Crippen LogP contribution in [0.5, 0.6) is 0 Å². The van der Waals surface area contributed by atoms with E-state index in [0.29, 0.717) is 6.54 Å². The Morgan fingerprint density at radius 3 is 1.93 bits per heavy atom. The zero-order chi connectivity index (χ0) is 20.1. The molecule has 1 amide bonds. The first kappa shape index (κ1) is 19.3. The molecule has 0 aliphatic carbocycles. The second-order valence-electron chi connectivity index (χ2n) is 7.77. The summed E-state index contributed by atoms with van der Waals surface area (Å²) in [4.78, 5) is 17.9. The molecule has 1 aliphatic rings. The SMILES string of the molecule is CN(Cc1ccccc1N1CCCC1)C(=O)C(c1ccccc1)c1ccccc1. The lowest BCUT2D eigenvalue weighted by Crippen LogP contribution is -2.32. The second-order valence-corrected chi connectivity index (χ2v) is 7.77. The molecule has 3 aromatic carbocycles. The summed E-state index contributed by atoms with van der Waals surface area (Å²) in [5.74, 6) is -0.167. The van der Waals surface area contributed by atoms with Crippen LogP contribution in [-0.4, -0.2) is 30.9 Å². The molecule has 0 unspecified atom stereocenters. The van der Waals surface area contributed by atoms with Crippen molar-refractivity contribution in [3.05, 3.63) is 102 Å². The molecule has 0 bridgehead atoms. The molecule has 0 spiro atoms. The van der Waals surface area contributed by atoms with Crippen molar-refractivity contribution in [1.29, 1.82) is 0 Å². The molecule has 0 saturated carbocycles. The third-order valence-corrected chi connectivity index (χ3v) is 5.73. The van der Waals surface area contributed by atoms with E-state index in [1.807, 2.05) is 72.6 Å². The fourth-order valence-corrected chi connectivity index (χ4v) is 4.23. The Morgan fingerprint density at radius 2 is 1.34 bits per heavy atom. The van der Waals surface area contributed by atoms with E-state index in [1.165, 1.54) is 24.1 Å². The lowest BCUT2D eigenvalue weighted by molar-refractivity contribution is -0.131. The molecule has 3 heteroatoms. The number of amides is 1. The van der Waals surface area contributed by atoms with Crippen molar-refractivity contribution < 1.29 is 4.79 Å². The van der Waals surface area contributed by atoms with Gasteiger partial charge in [0.05, 0.1) is 5.92 Å². The van der Waals surface area contributed by atoms with Crippen molar-refractivity contribution in [2.24, 2.45) is 0 Å². The summed E-state index contributed by atoms with van der Waals surface area (Å²) in [5, 5.41) is 0. The van der Waals surface area contributed by atoms with Crippen molar-refractivity contribution in [2.75, 3.05) is 25.0 Å². The fraction of sp³-hybridized carbons (Fsp3) is 0.269. The van der Waals surface area contributed by atoms with Crippen molar-refractivity contribution in [1.82, 2.24) is 4.90 Å². The smallest absolute Gasteiger partial charge is 0.234 e. The zero-order valence-corrected chi connectivity index (χ0v) is 17.0. The van der Waals surface area contributed by atoms with E-state index in [0.717, 1.165) is 24.2 Å². The molecular weight excluding hydrogens is 356 g/mol. The minimum Gasteiger partial charge on any atom is -0.371 e. The number of anilines is 1. The molecule has 3 aromatic rings. The van der Waals surface area contributed by atoms with Crippen molar-refractivity contribution in [2.45, 2.75) is 25.3 Å². The number of hydrogen-bond acceptors (Lipinski definition) is 2. The van der Waals surface area contributed by atoms with Crippen LogP contribution in [0, 0.1) is 0 Å². The average Bonchev–Trinajstić information content (AvgIpc) is 3.30. The van der Waals surface area contributed by atoms with Gasteiger partial charge in [-0.1, -0.05) is 78.9 Å². The molecule has 1 fully saturated rings. The molecule has 0 N–H and O–H groups in total. The molecular formula is C26H28N2O. The van der Waals surface area contributed by atoms with Crippen LogP contribution in [0.15, 0.2) is 84.9 Å². The first-order valence-corrected chi connectivity index (χ1v) is 10.4. The highest BCUT2D eigenvalue weighted by Gasteiger charge is 2.26. The number of carbonyl (C=O) groups excluding carboxylic acids is 1. The Morgan fingerprint density at radius 1 is 0.828 bits per heavy atom. The van der Waals surface area contributed by atoms with Gasteiger partial charge in [-0.3, -0.25) is 4.79 Å². The van der Waals surface area contributed by atoms with Gasteiger partial charge in [0.2, 0.25) is 5.91 Å². The number of rotatable bonds is 6. The van der Waals surface area contributed by atoms with Crippen LogP contribution >= 0.6 is 0 Å². The van der Waals surface area contributed by atoms with Gasteiger partial charge in [0.1, 0.15) is 0 Å². The van der Waals surface area contributed by atoms with Crippen LogP contribution in [0.4, 0.5) is 5.69 Å². The molecule has 29 heavy (non-hydrogen) atoms. The van der Waals surface area contributed by atoms with Crippen LogP contribution in [-0.2, 0) is 11.3 Å². The summed E-state index contributed by atoms with van der Waals surface area (Å²) in [7, 11) is 1.92. The highest BCUT2D eigenvalue weighted by Crippen LogP contribution is 2.29. The number of nitrogens with zero attached hydrogens (tertiary/aromatic N) is 2. The van der Waals surface area contributed by atoms with Gasteiger partial charge in [0, 0.05) is 32.4 Å². The number of likely N-dealkylation sites (N-methyl/N-ethyl adjacent to an activating group) is 1. The molecule has 1 aliphatic heterocycles. The predicted molar refractivity (Wildman–Crippen MR) is 119 cm³/mol. The highest BCUT2D eigenvalue weighted by molar-refractivity contribution is 5.87. The minimum absolute atomic E-state index is 0.124. The van der Waals surface area contributed by atoms with E-state index >= 15 is 0 Å². The van der Waals surface area contributed by atoms with Gasteiger partial charge in [-0.05, 0) is 35.6 Å². The molecule has 0 aromatic heterocycles. The van der Waals surface area contributed by atoms with Crippen LogP contribution in [0.1, 0.15) is 35.4 Å². The highest BCUT2D eigenvalue weighted by atomic mass is 16.2. The summed E-state index contributed by atoms with van der Waals surface area (Å²) in [6, 6.07) is 28.7. The van der Waals surface area contributed by atoms with Crippen LogP contribution in [0.25, 0.3) is 0 Å². The summed E-state index contributed by atoms with van der Waals surface area (Å²) in [6.07, 6.45) is 2.49. The number of para-hydroxylation sites is 1. The Balaban J connectivity index is 1.60. The molecule has 1 heterocycles. The summed E-state index contributed by atoms with van der Waals surface area (Å²) < 4.78 is 0. The normalized spacial score (nSPS) is 13.7. The lowest BCUT2D eigenvalue weighted by atomic mass is 9.90. The van der Waals surface area contributed by atoms with Crippen LogP contribution in [0.2, 0.25) is 0 Å². The molecule has 4 rings (SSSR count). The number of benzene rings is 3. The van der Waals surface area contributed by atoms with Crippen molar-refractivity contribution >= 4 is 11.6 Å². The first-order valence-electron chi connectivity index (χ1n) is 10.4. The average molecular weight is 385 g/mol. The summed E-state index contributed by atoms with van der Waals surface area (Å²) in [6.45, 7) is 2.82. The Hall–Kier alpha value is -3.07. The molecule has 1 saturated heterocycles. The van der Waals surface area contributed by atoms with Gasteiger partial charge < -0.3 is 9.80 Å². The zero-order valence-electron chi connectivity index (χ0n) is 17.0. The third kappa shape index (κ3) is 4.34. The maximum atomic E-state index is 13.6. The molecule has 3 nitrogen and oxygen atoms in total.